The van der Waals surface area contributed by atoms with Crippen molar-refractivity contribution in [3.8, 4) is 16.5 Å². The van der Waals surface area contributed by atoms with E-state index >= 15 is 4.79 Å². The fourth-order valence-corrected chi connectivity index (χ4v) is 11.2. The number of sulfonamides is 1. The average molecular weight is 876 g/mol. The molecular formula is C44H57N7O8S2. The van der Waals surface area contributed by atoms with E-state index in [9.17, 15) is 22.8 Å². The number of carbonyl (C=O) groups is 4. The van der Waals surface area contributed by atoms with E-state index in [2.05, 4.69) is 20.3 Å². The van der Waals surface area contributed by atoms with Gasteiger partial charge < -0.3 is 29.9 Å². The van der Waals surface area contributed by atoms with Crippen LogP contribution in [0, 0.1) is 5.92 Å². The van der Waals surface area contributed by atoms with Crippen molar-refractivity contribution in [3.05, 3.63) is 53.9 Å². The Morgan fingerprint density at radius 1 is 0.984 bits per heavy atom. The summed E-state index contributed by atoms with van der Waals surface area (Å²) < 4.78 is 41.1. The summed E-state index contributed by atoms with van der Waals surface area (Å²) in [6.07, 6.45) is 11.2. The summed E-state index contributed by atoms with van der Waals surface area (Å²) in [5, 5.41) is 7.21. The number of para-hydroxylation sites is 2. The first kappa shape index (κ1) is 43.1. The molecule has 0 radical (unpaired) electrons. The van der Waals surface area contributed by atoms with Crippen molar-refractivity contribution in [2.45, 2.75) is 137 Å². The van der Waals surface area contributed by atoms with Crippen molar-refractivity contribution in [2.24, 2.45) is 5.92 Å². The molecule has 1 aromatic carbocycles. The molecule has 3 saturated carbocycles. The Morgan fingerprint density at radius 2 is 1.74 bits per heavy atom. The highest BCUT2D eigenvalue weighted by molar-refractivity contribution is 7.91. The Kier molecular flexibility index (Phi) is 13.0. The van der Waals surface area contributed by atoms with Gasteiger partial charge in [-0.25, -0.2) is 23.2 Å². The quantitative estimate of drug-likeness (QED) is 0.196. The van der Waals surface area contributed by atoms with Gasteiger partial charge >= 0.3 is 6.09 Å². The maximum Gasteiger partial charge on any atom is 0.408 e. The summed E-state index contributed by atoms with van der Waals surface area (Å²) in [7, 11) is 0.0179. The number of amides is 4. The van der Waals surface area contributed by atoms with Crippen LogP contribution < -0.4 is 20.1 Å². The summed E-state index contributed by atoms with van der Waals surface area (Å²) in [5.41, 5.74) is 0.321. The zero-order valence-electron chi connectivity index (χ0n) is 34.9. The summed E-state index contributed by atoms with van der Waals surface area (Å²) in [6, 6.07) is 8.57. The highest BCUT2D eigenvalue weighted by atomic mass is 32.2. The minimum absolute atomic E-state index is 0.0421. The first-order chi connectivity index (χ1) is 29.4. The Labute approximate surface area is 361 Å². The number of alkyl carbamates (subject to hydrolysis) is 1. The Morgan fingerprint density at radius 3 is 2.46 bits per heavy atom. The number of allylic oxidation sites excluding steroid dienone is 1. The molecule has 1 saturated heterocycles. The average Bonchev–Trinajstić information content (AvgIpc) is 4.00. The Hall–Kier alpha value is -4.61. The number of nitrogens with one attached hydrogen (secondary N) is 3. The maximum absolute atomic E-state index is 15.3. The van der Waals surface area contributed by atoms with E-state index in [1.165, 1.54) is 11.3 Å². The first-order valence-corrected chi connectivity index (χ1v) is 24.3. The maximum atomic E-state index is 15.3. The van der Waals surface area contributed by atoms with Crippen molar-refractivity contribution in [3.63, 3.8) is 0 Å². The van der Waals surface area contributed by atoms with Crippen molar-refractivity contribution in [2.75, 3.05) is 20.6 Å². The van der Waals surface area contributed by atoms with Gasteiger partial charge in [-0.2, -0.15) is 0 Å². The third-order valence-electron chi connectivity index (χ3n) is 12.7. The fraction of sp³-hybridized carbons (Fsp3) is 0.591. The predicted octanol–water partition coefficient (Wildman–Crippen LogP) is 5.46. The smallest absolute Gasteiger partial charge is 0.408 e. The van der Waals surface area contributed by atoms with Crippen molar-refractivity contribution < 1.29 is 37.1 Å². The number of hydrogen-bond donors (Lipinski definition) is 3. The monoisotopic (exact) mass is 875 g/mol. The second-order valence-corrected chi connectivity index (χ2v) is 20.4. The highest BCUT2D eigenvalue weighted by Crippen LogP contribution is 2.46. The van der Waals surface area contributed by atoms with Crippen LogP contribution in [0.1, 0.15) is 96.3 Å². The van der Waals surface area contributed by atoms with Gasteiger partial charge in [-0.05, 0) is 121 Å². The minimum Gasteiger partial charge on any atom is -0.470 e. The van der Waals surface area contributed by atoms with Crippen LogP contribution in [0.15, 0.2) is 53.9 Å². The van der Waals surface area contributed by atoms with E-state index in [1.807, 2.05) is 68.0 Å². The second-order valence-electron chi connectivity index (χ2n) is 17.5. The number of ether oxygens (including phenoxy) is 2. The van der Waals surface area contributed by atoms with E-state index in [1.54, 1.807) is 4.90 Å². The van der Waals surface area contributed by atoms with Crippen molar-refractivity contribution in [1.29, 1.82) is 0 Å². The number of aromatic nitrogens is 2. The summed E-state index contributed by atoms with van der Waals surface area (Å²) in [5.74, 6) is -1.99. The van der Waals surface area contributed by atoms with Crippen LogP contribution in [0.2, 0.25) is 0 Å². The molecule has 2 aliphatic heterocycles. The first-order valence-electron chi connectivity index (χ1n) is 21.9. The van der Waals surface area contributed by atoms with Crippen LogP contribution in [0.3, 0.4) is 0 Å². The summed E-state index contributed by atoms with van der Waals surface area (Å²) in [4.78, 5) is 72.2. The van der Waals surface area contributed by atoms with Crippen molar-refractivity contribution >= 4 is 56.2 Å². The molecule has 17 heteroatoms. The van der Waals surface area contributed by atoms with Gasteiger partial charge in [0.25, 0.3) is 5.91 Å². The van der Waals surface area contributed by atoms with Crippen molar-refractivity contribution in [1.82, 2.24) is 35.1 Å². The lowest BCUT2D eigenvalue weighted by Crippen LogP contribution is -2.59. The molecule has 3 N–H and O–H groups in total. The van der Waals surface area contributed by atoms with Crippen LogP contribution in [0.25, 0.3) is 21.6 Å². The number of nitrogens with zero attached hydrogens (tertiary/aromatic N) is 4. The number of thiophene rings is 1. The zero-order valence-corrected chi connectivity index (χ0v) is 36.6. The molecule has 0 bridgehead atoms. The van der Waals surface area contributed by atoms with Crippen LogP contribution in [-0.4, -0.2) is 114 Å². The van der Waals surface area contributed by atoms with E-state index in [0.29, 0.717) is 68.2 Å². The lowest BCUT2D eigenvalue weighted by atomic mass is 10.0. The number of hydrogen-bond acceptors (Lipinski definition) is 12. The third-order valence-corrected chi connectivity index (χ3v) is 15.4. The molecule has 4 fully saturated rings. The van der Waals surface area contributed by atoms with Gasteiger partial charge in [-0.15, -0.1) is 11.3 Å². The predicted molar refractivity (Wildman–Crippen MR) is 231 cm³/mol. The molecule has 4 amide bonds. The van der Waals surface area contributed by atoms with E-state index in [4.69, 9.17) is 19.4 Å². The molecule has 2 aromatic heterocycles. The van der Waals surface area contributed by atoms with Crippen LogP contribution in [0.4, 0.5) is 4.79 Å². The van der Waals surface area contributed by atoms with Gasteiger partial charge in [0.15, 0.2) is 0 Å². The van der Waals surface area contributed by atoms with Crippen LogP contribution >= 0.6 is 11.3 Å². The molecule has 0 spiro atoms. The molecule has 328 valence electrons. The zero-order chi connectivity index (χ0) is 42.7. The molecule has 3 aromatic rings. The lowest BCUT2D eigenvalue weighted by molar-refractivity contribution is -0.143. The van der Waals surface area contributed by atoms with Gasteiger partial charge in [0.05, 0.1) is 27.2 Å². The van der Waals surface area contributed by atoms with E-state index in [0.717, 1.165) is 43.4 Å². The Balaban J connectivity index is 1.18. The van der Waals surface area contributed by atoms with Gasteiger partial charge in [0.2, 0.25) is 27.7 Å². The number of rotatable bonds is 12. The summed E-state index contributed by atoms with van der Waals surface area (Å²) in [6.45, 7) is 0.695. The molecule has 61 heavy (non-hydrogen) atoms. The van der Waals surface area contributed by atoms with Gasteiger partial charge in [0, 0.05) is 12.3 Å². The molecule has 5 aliphatic rings. The number of carbonyl (C=O) groups excluding carboxylic acids is 4. The van der Waals surface area contributed by atoms with E-state index in [-0.39, 0.29) is 24.8 Å². The highest BCUT2D eigenvalue weighted by Gasteiger charge is 2.62. The molecule has 8 rings (SSSR count). The second kappa shape index (κ2) is 18.4. The normalized spacial score (nSPS) is 28.0. The van der Waals surface area contributed by atoms with E-state index < -0.39 is 74.8 Å². The molecule has 3 aliphatic carbocycles. The standard InChI is InChI=1S/C44H57N7O8S2/c1-50(2)24-12-20-34-36(59-40-38(37-21-13-25-60-37)45-31-17-10-11-18-32(31)46-40)26-35-39(52)48-44(42(54)49-61(56,57)30-22-23-30)27-28(44)14-6-4-3-5-7-19-33(41(53)51(34)35)47-43(55)58-29-15-8-9-16-29/h6,10-11,13-14,17-18,21,25,28-30,33-36H,3-5,7-9,12,15-16,19-20,22-24,26-27H2,1-2H3,(H,47,55)(H,48,52)(H,49,54)/b14-6-/t28?,33?,34-,35?,36+,44?/m0/s1. The molecular weight excluding hydrogens is 819 g/mol. The SMILES string of the molecule is CN(C)CCC[C@H]1[C@H](Oc2nc3ccccc3nc2-c2cccs2)CC2C(=O)NC3(C(=O)NS(=O)(=O)C4CC4)CC3/C=C\CCCCCC(NC(=O)OC3CCCC3)C(=O)N21. The number of fused-ring (bicyclic) bond motifs is 3. The molecule has 15 nitrogen and oxygen atoms in total. The third kappa shape index (κ3) is 9.88. The fourth-order valence-electron chi connectivity index (χ4n) is 9.09. The minimum atomic E-state index is -3.92. The van der Waals surface area contributed by atoms with Gasteiger partial charge in [-0.1, -0.05) is 43.2 Å². The topological polar surface area (TPSA) is 189 Å². The molecule has 6 atom stereocenters. The van der Waals surface area contributed by atoms with Gasteiger partial charge in [-0.3, -0.25) is 19.1 Å². The molecule has 4 unspecified atom stereocenters. The number of benzene rings is 1. The van der Waals surface area contributed by atoms with Gasteiger partial charge in [0.1, 0.15) is 35.5 Å². The van der Waals surface area contributed by atoms with Crippen LogP contribution in [0.5, 0.6) is 5.88 Å². The van der Waals surface area contributed by atoms with Crippen LogP contribution in [-0.2, 0) is 29.1 Å². The summed E-state index contributed by atoms with van der Waals surface area (Å²) >= 11 is 1.49. The molecule has 4 heterocycles. The Bertz CT molecular complexity index is 2230. The lowest BCUT2D eigenvalue weighted by Gasteiger charge is -2.35. The largest absolute Gasteiger partial charge is 0.470 e.